The summed E-state index contributed by atoms with van der Waals surface area (Å²) >= 11 is 0. The van der Waals surface area contributed by atoms with Crippen LogP contribution in [-0.4, -0.2) is 42.7 Å². The first-order valence-electron chi connectivity index (χ1n) is 12.1. The maximum absolute atomic E-state index is 10.8. The summed E-state index contributed by atoms with van der Waals surface area (Å²) in [5.41, 5.74) is 10.7. The topological polar surface area (TPSA) is 139 Å². The SMILES string of the molecule is CC.CC.Nc1ncccc1-c1nc2ccc(C(/C=C\CO)=C/NC=O)nc2n1-c1ccc(CO)cc1. The Morgan fingerprint density at radius 1 is 1.03 bits per heavy atom. The van der Waals surface area contributed by atoms with Gasteiger partial charge in [-0.05, 0) is 42.0 Å². The van der Waals surface area contributed by atoms with Crippen LogP contribution in [-0.2, 0) is 11.4 Å². The van der Waals surface area contributed by atoms with Crippen molar-refractivity contribution in [3.63, 3.8) is 0 Å². The fraction of sp³-hybridized carbons (Fsp3) is 0.214. The lowest BCUT2D eigenvalue weighted by molar-refractivity contribution is -0.108. The summed E-state index contributed by atoms with van der Waals surface area (Å²) in [4.78, 5) is 24.6. The number of amides is 1. The molecule has 9 heteroatoms. The number of carbonyl (C=O) groups is 1. The number of nitrogens with zero attached hydrogens (tertiary/aromatic N) is 4. The highest BCUT2D eigenvalue weighted by molar-refractivity contribution is 5.85. The molecule has 3 heterocycles. The third-order valence-electron chi connectivity index (χ3n) is 4.97. The maximum atomic E-state index is 10.8. The summed E-state index contributed by atoms with van der Waals surface area (Å²) in [5, 5.41) is 21.1. The van der Waals surface area contributed by atoms with Gasteiger partial charge in [0.2, 0.25) is 6.41 Å². The second-order valence-corrected chi connectivity index (χ2v) is 7.04. The average Bonchev–Trinajstić information content (AvgIpc) is 3.34. The molecular formula is C28H34N6O3. The molecule has 3 aromatic heterocycles. The Balaban J connectivity index is 0.00000115. The van der Waals surface area contributed by atoms with Gasteiger partial charge in [-0.15, -0.1) is 0 Å². The van der Waals surface area contributed by atoms with Crippen molar-refractivity contribution >= 4 is 29.0 Å². The van der Waals surface area contributed by atoms with E-state index in [4.69, 9.17) is 15.7 Å². The van der Waals surface area contributed by atoms with E-state index in [9.17, 15) is 15.0 Å². The molecule has 0 aliphatic rings. The van der Waals surface area contributed by atoms with Gasteiger partial charge in [0.25, 0.3) is 0 Å². The minimum atomic E-state index is -0.153. The summed E-state index contributed by atoms with van der Waals surface area (Å²) in [7, 11) is 0. The van der Waals surface area contributed by atoms with E-state index in [2.05, 4.69) is 10.3 Å². The molecule has 4 aromatic rings. The van der Waals surface area contributed by atoms with Crippen LogP contribution in [0.2, 0.25) is 0 Å². The maximum Gasteiger partial charge on any atom is 0.211 e. The smallest absolute Gasteiger partial charge is 0.211 e. The van der Waals surface area contributed by atoms with Crippen LogP contribution in [0.5, 0.6) is 0 Å². The van der Waals surface area contributed by atoms with E-state index < -0.39 is 0 Å². The second kappa shape index (κ2) is 14.9. The number of nitrogen functional groups attached to an aromatic ring is 1. The highest BCUT2D eigenvalue weighted by atomic mass is 16.3. The molecule has 0 aliphatic heterocycles. The number of hydrogen-bond donors (Lipinski definition) is 4. The third-order valence-corrected chi connectivity index (χ3v) is 4.97. The van der Waals surface area contributed by atoms with Crippen molar-refractivity contribution in [3.05, 3.63) is 84.3 Å². The summed E-state index contributed by atoms with van der Waals surface area (Å²) in [6.45, 7) is 7.78. The van der Waals surface area contributed by atoms with E-state index >= 15 is 0 Å². The van der Waals surface area contributed by atoms with Crippen LogP contribution < -0.4 is 11.1 Å². The van der Waals surface area contributed by atoms with Crippen LogP contribution >= 0.6 is 0 Å². The van der Waals surface area contributed by atoms with E-state index in [0.717, 1.165) is 11.3 Å². The molecule has 0 radical (unpaired) electrons. The Morgan fingerprint density at radius 2 is 1.76 bits per heavy atom. The fourth-order valence-corrected chi connectivity index (χ4v) is 3.41. The van der Waals surface area contributed by atoms with Gasteiger partial charge in [0.1, 0.15) is 11.3 Å². The summed E-state index contributed by atoms with van der Waals surface area (Å²) < 4.78 is 1.87. The van der Waals surface area contributed by atoms with Gasteiger partial charge in [-0.2, -0.15) is 0 Å². The molecule has 0 unspecified atom stereocenters. The Bertz CT molecular complexity index is 1340. The normalized spacial score (nSPS) is 10.9. The van der Waals surface area contributed by atoms with Crippen molar-refractivity contribution in [2.24, 2.45) is 0 Å². The molecule has 0 aliphatic carbocycles. The van der Waals surface area contributed by atoms with Crippen molar-refractivity contribution in [1.82, 2.24) is 24.8 Å². The molecule has 0 saturated carbocycles. The van der Waals surface area contributed by atoms with Crippen LogP contribution in [0.25, 0.3) is 33.8 Å². The quantitative estimate of drug-likeness (QED) is 0.209. The van der Waals surface area contributed by atoms with E-state index in [0.29, 0.717) is 46.0 Å². The number of imidazole rings is 1. The number of anilines is 1. The molecule has 0 saturated heterocycles. The lowest BCUT2D eigenvalue weighted by atomic mass is 10.1. The number of aromatic nitrogens is 4. The van der Waals surface area contributed by atoms with Crippen LogP contribution in [0.1, 0.15) is 39.0 Å². The van der Waals surface area contributed by atoms with Crippen LogP contribution in [0, 0.1) is 0 Å². The molecule has 194 valence electrons. The summed E-state index contributed by atoms with van der Waals surface area (Å²) in [6.07, 6.45) is 6.90. The molecule has 0 atom stereocenters. The van der Waals surface area contributed by atoms with Crippen LogP contribution in [0.15, 0.2) is 73.1 Å². The number of fused-ring (bicyclic) bond motifs is 1. The first-order chi connectivity index (χ1) is 18.2. The zero-order chi connectivity index (χ0) is 27.2. The number of nitrogens with one attached hydrogen (secondary N) is 1. The highest BCUT2D eigenvalue weighted by Crippen LogP contribution is 2.31. The minimum Gasteiger partial charge on any atom is -0.392 e. The number of nitrogens with two attached hydrogens (primary N) is 1. The van der Waals surface area contributed by atoms with Gasteiger partial charge in [0.15, 0.2) is 11.5 Å². The zero-order valence-electron chi connectivity index (χ0n) is 21.6. The monoisotopic (exact) mass is 502 g/mol. The number of carbonyl (C=O) groups excluding carboxylic acids is 1. The minimum absolute atomic E-state index is 0.0646. The number of aliphatic hydroxyl groups is 2. The van der Waals surface area contributed by atoms with Crippen molar-refractivity contribution < 1.29 is 15.0 Å². The molecule has 1 amide bonds. The summed E-state index contributed by atoms with van der Waals surface area (Å²) in [6, 6.07) is 14.6. The Morgan fingerprint density at radius 3 is 2.38 bits per heavy atom. The van der Waals surface area contributed by atoms with Crippen LogP contribution in [0.4, 0.5) is 5.82 Å². The van der Waals surface area contributed by atoms with Gasteiger partial charge in [-0.3, -0.25) is 9.36 Å². The van der Waals surface area contributed by atoms with Gasteiger partial charge in [0.05, 0.1) is 24.5 Å². The molecule has 5 N–H and O–H groups in total. The molecule has 0 fully saturated rings. The van der Waals surface area contributed by atoms with Crippen molar-refractivity contribution in [2.45, 2.75) is 34.3 Å². The van der Waals surface area contributed by atoms with Gasteiger partial charge < -0.3 is 21.3 Å². The number of pyridine rings is 2. The molecule has 0 spiro atoms. The third kappa shape index (κ3) is 6.87. The molecule has 0 bridgehead atoms. The van der Waals surface area contributed by atoms with Gasteiger partial charge in [-0.25, -0.2) is 15.0 Å². The molecule has 37 heavy (non-hydrogen) atoms. The van der Waals surface area contributed by atoms with Gasteiger partial charge >= 0.3 is 0 Å². The van der Waals surface area contributed by atoms with Crippen molar-refractivity contribution in [2.75, 3.05) is 12.3 Å². The first kappa shape index (κ1) is 28.9. The van der Waals surface area contributed by atoms with E-state index in [1.807, 2.05) is 68.7 Å². The van der Waals surface area contributed by atoms with E-state index in [1.165, 1.54) is 6.20 Å². The Labute approximate surface area is 217 Å². The lowest BCUT2D eigenvalue weighted by Gasteiger charge is -2.11. The zero-order valence-corrected chi connectivity index (χ0v) is 21.6. The Hall–Kier alpha value is -4.34. The van der Waals surface area contributed by atoms with Gasteiger partial charge in [-0.1, -0.05) is 52.0 Å². The summed E-state index contributed by atoms with van der Waals surface area (Å²) in [5.74, 6) is 0.905. The van der Waals surface area contributed by atoms with Gasteiger partial charge in [0, 0.05) is 23.7 Å². The molecular weight excluding hydrogens is 468 g/mol. The number of allylic oxidation sites excluding steroid dienone is 2. The average molecular weight is 503 g/mol. The molecule has 4 rings (SSSR count). The first-order valence-corrected chi connectivity index (χ1v) is 12.1. The van der Waals surface area contributed by atoms with Crippen molar-refractivity contribution in [1.29, 1.82) is 0 Å². The van der Waals surface area contributed by atoms with E-state index in [-0.39, 0.29) is 13.2 Å². The second-order valence-electron chi connectivity index (χ2n) is 7.04. The predicted molar refractivity (Wildman–Crippen MR) is 149 cm³/mol. The standard InChI is InChI=1S/C24H22N6O3.2C2H6/c25-22-19(4-1-11-27-22)23-29-21-10-9-20(17(3-2-12-31)13-26-15-33)28-24(21)30(23)18-7-5-16(14-32)6-8-18;2*1-2/h1-11,13,15,31-32H,12,14H2,(H2,25,27)(H,26,33);2*1-2H3/b3-2-,17-13+;;. The number of hydrogen-bond acceptors (Lipinski definition) is 7. The lowest BCUT2D eigenvalue weighted by Crippen LogP contribution is -2.04. The van der Waals surface area contributed by atoms with E-state index in [1.54, 1.807) is 30.5 Å². The predicted octanol–water partition coefficient (Wildman–Crippen LogP) is 4.24. The number of rotatable bonds is 8. The van der Waals surface area contributed by atoms with Crippen LogP contribution in [0.3, 0.4) is 0 Å². The fourth-order valence-electron chi connectivity index (χ4n) is 3.41. The highest BCUT2D eigenvalue weighted by Gasteiger charge is 2.18. The molecule has 1 aromatic carbocycles. The van der Waals surface area contributed by atoms with Crippen molar-refractivity contribution in [3.8, 4) is 17.1 Å². The largest absolute Gasteiger partial charge is 0.392 e. The number of benzene rings is 1. The number of aliphatic hydroxyl groups excluding tert-OH is 2. The molecule has 9 nitrogen and oxygen atoms in total. The Kier molecular flexibility index (Phi) is 11.7.